The Bertz CT molecular complexity index is 881. The smallest absolute Gasteiger partial charge is 0.409 e. The lowest BCUT2D eigenvalue weighted by Gasteiger charge is -2.12. The molecule has 0 fully saturated rings. The van der Waals surface area contributed by atoms with Gasteiger partial charge in [-0.2, -0.15) is 0 Å². The number of benzene rings is 3. The second kappa shape index (κ2) is 7.73. The Morgan fingerprint density at radius 1 is 1.00 bits per heavy atom. The van der Waals surface area contributed by atoms with Crippen LogP contribution in [0.15, 0.2) is 72.8 Å². The summed E-state index contributed by atoms with van der Waals surface area (Å²) in [4.78, 5) is 10.9. The molecular formula is C20H16ClNO3. The van der Waals surface area contributed by atoms with Crippen molar-refractivity contribution in [2.45, 2.75) is 6.61 Å². The third-order valence-corrected chi connectivity index (χ3v) is 3.94. The zero-order chi connectivity index (χ0) is 17.6. The first-order valence-electron chi connectivity index (χ1n) is 7.69. The molecule has 0 unspecified atom stereocenters. The molecule has 3 aromatic rings. The molecule has 0 saturated heterocycles. The van der Waals surface area contributed by atoms with E-state index in [1.54, 1.807) is 24.3 Å². The van der Waals surface area contributed by atoms with Crippen LogP contribution in [0.5, 0.6) is 5.75 Å². The second-order valence-electron chi connectivity index (χ2n) is 5.40. The molecule has 5 heteroatoms. The van der Waals surface area contributed by atoms with Crippen LogP contribution in [0.3, 0.4) is 0 Å². The van der Waals surface area contributed by atoms with E-state index < -0.39 is 6.09 Å². The molecular weight excluding hydrogens is 338 g/mol. The van der Waals surface area contributed by atoms with Crippen molar-refractivity contribution in [3.63, 3.8) is 0 Å². The molecule has 3 aromatic carbocycles. The van der Waals surface area contributed by atoms with E-state index in [4.69, 9.17) is 21.4 Å². The highest BCUT2D eigenvalue weighted by Gasteiger charge is 2.10. The summed E-state index contributed by atoms with van der Waals surface area (Å²) in [6, 6.07) is 22.4. The highest BCUT2D eigenvalue weighted by Crippen LogP contribution is 2.34. The van der Waals surface area contributed by atoms with Crippen molar-refractivity contribution in [3.8, 4) is 16.9 Å². The summed E-state index contributed by atoms with van der Waals surface area (Å²) >= 11 is 6.34. The first-order valence-corrected chi connectivity index (χ1v) is 8.07. The SMILES string of the molecule is O=C(O)Nc1ccccc1-c1ccc(OCc2ccccc2)c(Cl)c1. The fourth-order valence-corrected chi connectivity index (χ4v) is 2.71. The molecule has 0 aliphatic rings. The second-order valence-corrected chi connectivity index (χ2v) is 5.80. The number of carbonyl (C=O) groups is 1. The quantitative estimate of drug-likeness (QED) is 0.620. The lowest BCUT2D eigenvalue weighted by Crippen LogP contribution is -2.08. The van der Waals surface area contributed by atoms with E-state index >= 15 is 0 Å². The molecule has 0 aliphatic carbocycles. The summed E-state index contributed by atoms with van der Waals surface area (Å²) in [7, 11) is 0. The van der Waals surface area contributed by atoms with Gasteiger partial charge in [0.2, 0.25) is 0 Å². The van der Waals surface area contributed by atoms with Crippen LogP contribution in [0.2, 0.25) is 5.02 Å². The Morgan fingerprint density at radius 3 is 2.44 bits per heavy atom. The van der Waals surface area contributed by atoms with Gasteiger partial charge in [-0.1, -0.05) is 66.2 Å². The minimum absolute atomic E-state index is 0.428. The van der Waals surface area contributed by atoms with Crippen molar-refractivity contribution in [3.05, 3.63) is 83.4 Å². The highest BCUT2D eigenvalue weighted by atomic mass is 35.5. The van der Waals surface area contributed by atoms with Crippen LogP contribution in [0, 0.1) is 0 Å². The Balaban J connectivity index is 1.81. The van der Waals surface area contributed by atoms with Crippen molar-refractivity contribution in [1.82, 2.24) is 0 Å². The lowest BCUT2D eigenvalue weighted by atomic mass is 10.0. The molecule has 2 N–H and O–H groups in total. The molecule has 0 radical (unpaired) electrons. The van der Waals surface area contributed by atoms with Gasteiger partial charge in [0, 0.05) is 5.56 Å². The number of hydrogen-bond donors (Lipinski definition) is 2. The standard InChI is InChI=1S/C20H16ClNO3/c21-17-12-15(16-8-4-5-9-18(16)22-20(23)24)10-11-19(17)25-13-14-6-2-1-3-7-14/h1-12,22H,13H2,(H,23,24). The van der Waals surface area contributed by atoms with Gasteiger partial charge < -0.3 is 9.84 Å². The van der Waals surface area contributed by atoms with E-state index in [-0.39, 0.29) is 0 Å². The van der Waals surface area contributed by atoms with Gasteiger partial charge in [-0.15, -0.1) is 0 Å². The van der Waals surface area contributed by atoms with Crippen molar-refractivity contribution in [1.29, 1.82) is 0 Å². The minimum Gasteiger partial charge on any atom is -0.487 e. The molecule has 3 rings (SSSR count). The van der Waals surface area contributed by atoms with Gasteiger partial charge in [-0.25, -0.2) is 4.79 Å². The molecule has 1 amide bonds. The molecule has 0 saturated carbocycles. The first-order chi connectivity index (χ1) is 12.1. The fourth-order valence-electron chi connectivity index (χ4n) is 2.48. The highest BCUT2D eigenvalue weighted by molar-refractivity contribution is 6.32. The molecule has 4 nitrogen and oxygen atoms in total. The predicted octanol–water partition coefficient (Wildman–Crippen LogP) is 5.68. The van der Waals surface area contributed by atoms with Gasteiger partial charge in [-0.05, 0) is 29.3 Å². The Morgan fingerprint density at radius 2 is 1.72 bits per heavy atom. The number of carboxylic acid groups (broad SMARTS) is 1. The number of hydrogen-bond acceptors (Lipinski definition) is 2. The number of para-hydroxylation sites is 1. The summed E-state index contributed by atoms with van der Waals surface area (Å²) in [5, 5.41) is 11.8. The van der Waals surface area contributed by atoms with E-state index in [1.165, 1.54) is 0 Å². The van der Waals surface area contributed by atoms with Crippen molar-refractivity contribution in [2.24, 2.45) is 0 Å². The number of anilines is 1. The number of ether oxygens (including phenoxy) is 1. The maximum atomic E-state index is 10.9. The first kappa shape index (κ1) is 16.9. The molecule has 0 spiro atoms. The number of amides is 1. The average Bonchev–Trinajstić information content (AvgIpc) is 2.61. The number of rotatable bonds is 5. The van der Waals surface area contributed by atoms with Gasteiger partial charge >= 0.3 is 6.09 Å². The number of halogens is 1. The van der Waals surface area contributed by atoms with Crippen LogP contribution in [0.4, 0.5) is 10.5 Å². The summed E-state index contributed by atoms with van der Waals surface area (Å²) in [5.41, 5.74) is 3.12. The Kier molecular flexibility index (Phi) is 5.21. The number of nitrogens with one attached hydrogen (secondary N) is 1. The van der Waals surface area contributed by atoms with Crippen molar-refractivity contribution < 1.29 is 14.6 Å². The molecule has 0 aromatic heterocycles. The van der Waals surface area contributed by atoms with E-state index in [0.717, 1.165) is 16.7 Å². The molecule has 0 bridgehead atoms. The van der Waals surface area contributed by atoms with Gasteiger partial charge in [-0.3, -0.25) is 5.32 Å². The normalized spacial score (nSPS) is 10.3. The Labute approximate surface area is 150 Å². The van der Waals surface area contributed by atoms with Crippen LogP contribution in [0.25, 0.3) is 11.1 Å². The van der Waals surface area contributed by atoms with Crippen molar-refractivity contribution in [2.75, 3.05) is 5.32 Å². The van der Waals surface area contributed by atoms with Crippen LogP contribution >= 0.6 is 11.6 Å². The van der Waals surface area contributed by atoms with E-state index in [2.05, 4.69) is 5.32 Å². The average molecular weight is 354 g/mol. The zero-order valence-corrected chi connectivity index (χ0v) is 14.0. The Hall–Kier alpha value is -2.98. The molecule has 0 atom stereocenters. The molecule has 25 heavy (non-hydrogen) atoms. The van der Waals surface area contributed by atoms with E-state index in [1.807, 2.05) is 48.5 Å². The van der Waals surface area contributed by atoms with Gasteiger partial charge in [0.25, 0.3) is 0 Å². The third kappa shape index (κ3) is 4.31. The lowest BCUT2D eigenvalue weighted by molar-refractivity contribution is 0.210. The zero-order valence-electron chi connectivity index (χ0n) is 13.3. The summed E-state index contributed by atoms with van der Waals surface area (Å²) < 4.78 is 5.77. The third-order valence-electron chi connectivity index (χ3n) is 3.65. The van der Waals surface area contributed by atoms with Gasteiger partial charge in [0.1, 0.15) is 12.4 Å². The van der Waals surface area contributed by atoms with Gasteiger partial charge in [0.15, 0.2) is 0 Å². The van der Waals surface area contributed by atoms with E-state index in [9.17, 15) is 4.79 Å². The summed E-state index contributed by atoms with van der Waals surface area (Å²) in [6.45, 7) is 0.428. The maximum Gasteiger partial charge on any atom is 0.409 e. The monoisotopic (exact) mass is 353 g/mol. The maximum absolute atomic E-state index is 10.9. The van der Waals surface area contributed by atoms with Crippen LogP contribution in [-0.2, 0) is 6.61 Å². The molecule has 0 heterocycles. The summed E-state index contributed by atoms with van der Waals surface area (Å²) in [5.74, 6) is 0.581. The predicted molar refractivity (Wildman–Crippen MR) is 99.3 cm³/mol. The molecule has 0 aliphatic heterocycles. The van der Waals surface area contributed by atoms with Crippen molar-refractivity contribution >= 4 is 23.4 Å². The minimum atomic E-state index is -1.11. The summed E-state index contributed by atoms with van der Waals surface area (Å²) in [6.07, 6.45) is -1.11. The van der Waals surface area contributed by atoms with Gasteiger partial charge in [0.05, 0.1) is 10.7 Å². The van der Waals surface area contributed by atoms with Crippen LogP contribution < -0.4 is 10.1 Å². The topological polar surface area (TPSA) is 58.6 Å². The van der Waals surface area contributed by atoms with Crippen LogP contribution in [0.1, 0.15) is 5.56 Å². The van der Waals surface area contributed by atoms with Crippen LogP contribution in [-0.4, -0.2) is 11.2 Å². The largest absolute Gasteiger partial charge is 0.487 e. The van der Waals surface area contributed by atoms with E-state index in [0.29, 0.717) is 23.1 Å². The fraction of sp³-hybridized carbons (Fsp3) is 0.0500. The molecule has 126 valence electrons.